The molecule has 0 aliphatic carbocycles. The second-order valence-electron chi connectivity index (χ2n) is 9.16. The summed E-state index contributed by atoms with van der Waals surface area (Å²) in [5, 5.41) is 18.0. The number of para-hydroxylation sites is 1. The van der Waals surface area contributed by atoms with E-state index in [1.165, 1.54) is 0 Å². The Labute approximate surface area is 231 Å². The number of nitrogens with one attached hydrogen (secondary N) is 4. The Balaban J connectivity index is 2.21. The number of primary amides is 1. The van der Waals surface area contributed by atoms with Crippen LogP contribution in [0.5, 0.6) is 0 Å². The molecule has 0 saturated heterocycles. The Morgan fingerprint density at radius 2 is 1.56 bits per heavy atom. The van der Waals surface area contributed by atoms with Crippen LogP contribution in [0, 0.1) is 0 Å². The van der Waals surface area contributed by atoms with Crippen LogP contribution in [-0.4, -0.2) is 76.2 Å². The Hall–Kier alpha value is -3.62. The van der Waals surface area contributed by atoms with Gasteiger partial charge >= 0.3 is 5.97 Å². The zero-order valence-electron chi connectivity index (χ0n) is 21.5. The third-order valence-electron chi connectivity index (χ3n) is 6.15. The van der Waals surface area contributed by atoms with E-state index in [1.807, 2.05) is 24.3 Å². The van der Waals surface area contributed by atoms with Crippen LogP contribution in [0.4, 0.5) is 0 Å². The van der Waals surface area contributed by atoms with Gasteiger partial charge in [-0.15, -0.1) is 0 Å². The van der Waals surface area contributed by atoms with Gasteiger partial charge in [-0.05, 0) is 43.9 Å². The number of carboxylic acids is 1. The van der Waals surface area contributed by atoms with Crippen molar-refractivity contribution in [2.75, 3.05) is 12.3 Å². The van der Waals surface area contributed by atoms with E-state index in [-0.39, 0.29) is 31.4 Å². The fourth-order valence-corrected chi connectivity index (χ4v) is 4.18. The molecule has 4 atom stereocenters. The second kappa shape index (κ2) is 15.7. The van der Waals surface area contributed by atoms with Gasteiger partial charge < -0.3 is 43.2 Å². The molecule has 14 heteroatoms. The molecule has 4 amide bonds. The number of carbonyl (C=O) groups excluding carboxylic acids is 4. The number of amides is 4. The van der Waals surface area contributed by atoms with Crippen molar-refractivity contribution in [2.45, 2.75) is 62.7 Å². The molecular weight excluding hydrogens is 526 g/mol. The maximum absolute atomic E-state index is 13.3. The van der Waals surface area contributed by atoms with Gasteiger partial charge in [0.1, 0.15) is 18.1 Å². The van der Waals surface area contributed by atoms with Crippen molar-refractivity contribution in [3.05, 3.63) is 36.0 Å². The molecule has 0 aliphatic rings. The van der Waals surface area contributed by atoms with Crippen LogP contribution in [0.15, 0.2) is 30.5 Å². The van der Waals surface area contributed by atoms with Crippen LogP contribution < -0.4 is 33.2 Å². The Bertz CT molecular complexity index is 1160. The lowest BCUT2D eigenvalue weighted by Gasteiger charge is -2.24. The first-order valence-corrected chi connectivity index (χ1v) is 13.2. The topological polar surface area (TPSA) is 236 Å². The number of carbonyl (C=O) groups is 5. The predicted molar refractivity (Wildman–Crippen MR) is 149 cm³/mol. The number of unbranched alkanes of at least 4 members (excludes halogenated alkanes) is 1. The van der Waals surface area contributed by atoms with Crippen molar-refractivity contribution >= 4 is 53.1 Å². The summed E-state index contributed by atoms with van der Waals surface area (Å²) in [5.41, 5.74) is 17.9. The van der Waals surface area contributed by atoms with Gasteiger partial charge in [0.25, 0.3) is 0 Å². The van der Waals surface area contributed by atoms with E-state index in [2.05, 4.69) is 33.6 Å². The minimum Gasteiger partial charge on any atom is -0.480 e. The highest BCUT2D eigenvalue weighted by Gasteiger charge is 2.30. The van der Waals surface area contributed by atoms with Gasteiger partial charge in [0.2, 0.25) is 23.6 Å². The van der Waals surface area contributed by atoms with E-state index in [1.54, 1.807) is 6.20 Å². The summed E-state index contributed by atoms with van der Waals surface area (Å²) in [5.74, 6) is -4.03. The highest BCUT2D eigenvalue weighted by Crippen LogP contribution is 2.19. The number of aromatic nitrogens is 1. The summed E-state index contributed by atoms with van der Waals surface area (Å²) >= 11 is 4.14. The highest BCUT2D eigenvalue weighted by molar-refractivity contribution is 7.80. The monoisotopic (exact) mass is 563 g/mol. The molecule has 1 heterocycles. The normalized spacial score (nSPS) is 14.1. The molecule has 2 rings (SSSR count). The van der Waals surface area contributed by atoms with E-state index in [4.69, 9.17) is 17.2 Å². The summed E-state index contributed by atoms with van der Waals surface area (Å²) in [6.07, 6.45) is 2.91. The molecule has 0 radical (unpaired) electrons. The van der Waals surface area contributed by atoms with Crippen molar-refractivity contribution in [3.63, 3.8) is 0 Å². The van der Waals surface area contributed by atoms with Crippen LogP contribution in [0.1, 0.15) is 37.7 Å². The number of H-pyrrole nitrogens is 1. The number of fused-ring (bicyclic) bond motifs is 1. The molecule has 1 aromatic carbocycles. The molecule has 2 aromatic rings. The maximum atomic E-state index is 13.3. The fourth-order valence-electron chi connectivity index (χ4n) is 3.93. The molecule has 11 N–H and O–H groups in total. The number of thiol groups is 1. The molecule has 214 valence electrons. The number of carboxylic acid groups (broad SMARTS) is 1. The minimum atomic E-state index is -1.21. The van der Waals surface area contributed by atoms with Gasteiger partial charge in [0, 0.05) is 35.7 Å². The summed E-state index contributed by atoms with van der Waals surface area (Å²) in [7, 11) is 0. The molecule has 0 fully saturated rings. The predicted octanol–water partition coefficient (Wildman–Crippen LogP) is -1.10. The van der Waals surface area contributed by atoms with Crippen molar-refractivity contribution in [3.8, 4) is 0 Å². The average Bonchev–Trinajstić information content (AvgIpc) is 3.31. The number of rotatable bonds is 17. The number of nitrogens with two attached hydrogens (primary N) is 3. The molecule has 0 spiro atoms. The first kappa shape index (κ1) is 31.6. The zero-order valence-corrected chi connectivity index (χ0v) is 22.4. The average molecular weight is 564 g/mol. The molecule has 0 bridgehead atoms. The van der Waals surface area contributed by atoms with Crippen LogP contribution in [0.2, 0.25) is 0 Å². The lowest BCUT2D eigenvalue weighted by atomic mass is 10.0. The van der Waals surface area contributed by atoms with Gasteiger partial charge in [-0.1, -0.05) is 18.2 Å². The Morgan fingerprint density at radius 3 is 2.21 bits per heavy atom. The van der Waals surface area contributed by atoms with Crippen molar-refractivity contribution in [1.29, 1.82) is 0 Å². The van der Waals surface area contributed by atoms with Gasteiger partial charge in [0.05, 0.1) is 6.04 Å². The van der Waals surface area contributed by atoms with Gasteiger partial charge in [0.15, 0.2) is 0 Å². The molecule has 1 aromatic heterocycles. The molecular formula is C25H37N7O6S. The van der Waals surface area contributed by atoms with Crippen LogP contribution in [0.3, 0.4) is 0 Å². The standard InChI is InChI=1S/C25H37N7O6S/c26-10-4-3-7-18(25(37)38)30-23(35)19(11-14-12-29-17-6-2-1-5-15(14)17)31-24(36)20(13-39)32-22(34)16(27)8-9-21(28)33/h1-2,5-6,12,16,18-20,29,39H,3-4,7-11,13,26-27H2,(H2,28,33)(H,30,35)(H,31,36)(H,32,34)(H,37,38). The largest absolute Gasteiger partial charge is 0.480 e. The first-order chi connectivity index (χ1) is 18.6. The van der Waals surface area contributed by atoms with Gasteiger partial charge in [-0.25, -0.2) is 4.79 Å². The zero-order chi connectivity index (χ0) is 28.9. The molecule has 4 unspecified atom stereocenters. The third kappa shape index (κ3) is 9.89. The number of aromatic amines is 1. The second-order valence-corrected chi connectivity index (χ2v) is 9.53. The van der Waals surface area contributed by atoms with E-state index in [0.29, 0.717) is 19.4 Å². The Kier molecular flexibility index (Phi) is 12.7. The molecule has 13 nitrogen and oxygen atoms in total. The van der Waals surface area contributed by atoms with Crippen molar-refractivity contribution in [2.24, 2.45) is 17.2 Å². The van der Waals surface area contributed by atoms with Crippen molar-refractivity contribution in [1.82, 2.24) is 20.9 Å². The van der Waals surface area contributed by atoms with E-state index < -0.39 is 53.8 Å². The van der Waals surface area contributed by atoms with Crippen LogP contribution >= 0.6 is 12.6 Å². The number of hydrogen-bond donors (Lipinski definition) is 9. The summed E-state index contributed by atoms with van der Waals surface area (Å²) in [6.45, 7) is 0.391. The number of aliphatic carboxylic acids is 1. The highest BCUT2D eigenvalue weighted by atomic mass is 32.1. The van der Waals surface area contributed by atoms with Crippen LogP contribution in [0.25, 0.3) is 10.9 Å². The van der Waals surface area contributed by atoms with Crippen molar-refractivity contribution < 1.29 is 29.1 Å². The third-order valence-corrected chi connectivity index (χ3v) is 6.51. The number of benzene rings is 1. The summed E-state index contributed by atoms with van der Waals surface area (Å²) in [6, 6.07) is 2.82. The van der Waals surface area contributed by atoms with Gasteiger partial charge in [-0.2, -0.15) is 12.6 Å². The molecule has 0 aliphatic heterocycles. The van der Waals surface area contributed by atoms with E-state index >= 15 is 0 Å². The summed E-state index contributed by atoms with van der Waals surface area (Å²) < 4.78 is 0. The molecule has 39 heavy (non-hydrogen) atoms. The lowest BCUT2D eigenvalue weighted by molar-refractivity contribution is -0.142. The summed E-state index contributed by atoms with van der Waals surface area (Å²) in [4.78, 5) is 64.7. The maximum Gasteiger partial charge on any atom is 0.326 e. The Morgan fingerprint density at radius 1 is 0.923 bits per heavy atom. The first-order valence-electron chi connectivity index (χ1n) is 12.6. The lowest BCUT2D eigenvalue weighted by Crippen LogP contribution is -2.58. The van der Waals surface area contributed by atoms with Gasteiger partial charge in [-0.3, -0.25) is 19.2 Å². The molecule has 0 saturated carbocycles. The van der Waals surface area contributed by atoms with Crippen LogP contribution in [-0.2, 0) is 30.4 Å². The minimum absolute atomic E-state index is 0.00555. The smallest absolute Gasteiger partial charge is 0.326 e. The SMILES string of the molecule is NCCCCC(NC(=O)C(Cc1c[nH]c2ccccc12)NC(=O)C(CS)NC(=O)C(N)CCC(N)=O)C(=O)O. The van der Waals surface area contributed by atoms with E-state index in [0.717, 1.165) is 16.5 Å². The fraction of sp³-hybridized carbons (Fsp3) is 0.480. The quantitative estimate of drug-likeness (QED) is 0.0844. The number of hydrogen-bond acceptors (Lipinski definition) is 8. The van der Waals surface area contributed by atoms with E-state index in [9.17, 15) is 29.1 Å².